The molecule has 1 aromatic heterocycles. The van der Waals surface area contributed by atoms with E-state index in [4.69, 9.17) is 4.42 Å². The molecular weight excluding hydrogens is 641 g/mol. The van der Waals surface area contributed by atoms with Crippen LogP contribution in [-0.4, -0.2) is 0 Å². The van der Waals surface area contributed by atoms with E-state index in [1.54, 1.807) is 11.1 Å². The van der Waals surface area contributed by atoms with E-state index in [9.17, 15) is 0 Å². The van der Waals surface area contributed by atoms with Crippen molar-refractivity contribution in [2.24, 2.45) is 23.7 Å². The van der Waals surface area contributed by atoms with Crippen molar-refractivity contribution in [3.05, 3.63) is 157 Å². The van der Waals surface area contributed by atoms with Crippen LogP contribution in [0.2, 0.25) is 0 Å². The molecule has 4 bridgehead atoms. The Labute approximate surface area is 308 Å². The predicted molar refractivity (Wildman–Crippen MR) is 220 cm³/mol. The maximum Gasteiger partial charge on any atom is 0.136 e. The predicted octanol–water partition coefficient (Wildman–Crippen LogP) is 14.1. The van der Waals surface area contributed by atoms with Crippen LogP contribution in [0, 0.1) is 23.7 Å². The molecule has 0 unspecified atom stereocenters. The lowest BCUT2D eigenvalue weighted by Gasteiger charge is -2.61. The molecule has 8 aromatic carbocycles. The minimum Gasteiger partial charge on any atom is -0.456 e. The molecule has 0 aliphatic heterocycles. The first kappa shape index (κ1) is 28.9. The maximum absolute atomic E-state index is 6.42. The largest absolute Gasteiger partial charge is 0.456 e. The van der Waals surface area contributed by atoms with E-state index >= 15 is 0 Å². The highest BCUT2D eigenvalue weighted by Crippen LogP contribution is 2.70. The van der Waals surface area contributed by atoms with E-state index in [0.717, 1.165) is 23.0 Å². The Bertz CT molecular complexity index is 2940. The molecule has 4 saturated carbocycles. The third-order valence-electron chi connectivity index (χ3n) is 14.4. The highest BCUT2D eigenvalue weighted by molar-refractivity contribution is 6.22. The van der Waals surface area contributed by atoms with E-state index in [0.29, 0.717) is 11.8 Å². The van der Waals surface area contributed by atoms with Gasteiger partial charge >= 0.3 is 0 Å². The van der Waals surface area contributed by atoms with Gasteiger partial charge in [-0.3, -0.25) is 0 Å². The summed E-state index contributed by atoms with van der Waals surface area (Å²) in [4.78, 5) is 0. The molecule has 1 spiro atoms. The normalized spacial score (nSPS) is 23.9. The SMILES string of the molecule is c1ccc2c3c(ccc2c1)-c1ccc(-c2c4ccccc4c(-c4ccc5c(c4)oc4ccccc45)c4ccccc24)cc1C31C2CC3CC(C2)CC1C3. The second-order valence-electron chi connectivity index (χ2n) is 16.8. The molecule has 1 heterocycles. The zero-order chi connectivity index (χ0) is 34.4. The Hall–Kier alpha value is -5.66. The smallest absolute Gasteiger partial charge is 0.136 e. The number of benzene rings is 8. The van der Waals surface area contributed by atoms with Crippen LogP contribution in [0.5, 0.6) is 0 Å². The topological polar surface area (TPSA) is 13.1 Å². The van der Waals surface area contributed by atoms with Gasteiger partial charge in [-0.1, -0.05) is 121 Å². The van der Waals surface area contributed by atoms with E-state index in [-0.39, 0.29) is 5.41 Å². The van der Waals surface area contributed by atoms with Gasteiger partial charge in [-0.05, 0) is 157 Å². The minimum atomic E-state index is 0.0858. The number of fused-ring (bicyclic) bond motifs is 10. The summed E-state index contributed by atoms with van der Waals surface area (Å²) in [5.41, 5.74) is 13.4. The first-order chi connectivity index (χ1) is 26.2. The first-order valence-electron chi connectivity index (χ1n) is 19.8. The zero-order valence-corrected chi connectivity index (χ0v) is 29.6. The van der Waals surface area contributed by atoms with Gasteiger partial charge in [0.15, 0.2) is 0 Å². The van der Waals surface area contributed by atoms with Crippen molar-refractivity contribution in [1.82, 2.24) is 0 Å². The van der Waals surface area contributed by atoms with Gasteiger partial charge in [0.05, 0.1) is 0 Å². The summed E-state index contributed by atoms with van der Waals surface area (Å²) in [7, 11) is 0. The molecule has 1 heteroatoms. The number of rotatable bonds is 2. The quantitative estimate of drug-likeness (QED) is 0.166. The van der Waals surface area contributed by atoms with Crippen LogP contribution in [0.3, 0.4) is 0 Å². The Morgan fingerprint density at radius 3 is 1.62 bits per heavy atom. The minimum absolute atomic E-state index is 0.0858. The molecular formula is C52H38O. The number of hydrogen-bond acceptors (Lipinski definition) is 1. The lowest BCUT2D eigenvalue weighted by Crippen LogP contribution is -2.55. The number of hydrogen-bond donors (Lipinski definition) is 0. The third kappa shape index (κ3) is 3.68. The fraction of sp³-hybridized carbons (Fsp3) is 0.192. The second-order valence-corrected chi connectivity index (χ2v) is 16.8. The second kappa shape index (κ2) is 10.3. The van der Waals surface area contributed by atoms with Gasteiger partial charge in [-0.2, -0.15) is 0 Å². The van der Waals surface area contributed by atoms with E-state index in [1.807, 2.05) is 0 Å². The summed E-state index contributed by atoms with van der Waals surface area (Å²) in [6.45, 7) is 0. The van der Waals surface area contributed by atoms with Gasteiger partial charge < -0.3 is 4.42 Å². The van der Waals surface area contributed by atoms with Gasteiger partial charge in [0.25, 0.3) is 0 Å². The van der Waals surface area contributed by atoms with Gasteiger partial charge in [-0.25, -0.2) is 0 Å². The van der Waals surface area contributed by atoms with Crippen LogP contribution in [0.25, 0.3) is 87.6 Å². The summed E-state index contributed by atoms with van der Waals surface area (Å²) in [6.07, 6.45) is 7.00. The molecule has 0 amide bonds. The van der Waals surface area contributed by atoms with Gasteiger partial charge in [0.1, 0.15) is 11.2 Å². The number of para-hydroxylation sites is 1. The van der Waals surface area contributed by atoms with Gasteiger partial charge in [0, 0.05) is 16.2 Å². The van der Waals surface area contributed by atoms with Crippen molar-refractivity contribution in [3.8, 4) is 33.4 Å². The van der Waals surface area contributed by atoms with Crippen molar-refractivity contribution in [2.45, 2.75) is 37.5 Å². The monoisotopic (exact) mass is 678 g/mol. The van der Waals surface area contributed by atoms with Crippen LogP contribution < -0.4 is 0 Å². The summed E-state index contributed by atoms with van der Waals surface area (Å²) < 4.78 is 6.42. The van der Waals surface area contributed by atoms with Crippen LogP contribution in [0.15, 0.2) is 150 Å². The molecule has 14 rings (SSSR count). The van der Waals surface area contributed by atoms with Crippen LogP contribution >= 0.6 is 0 Å². The standard InChI is InChI=1S/C52H38O/c1-2-10-37-32(9-1)17-22-45-38-20-18-33(28-46(38)52(51(37)45)35-24-30-23-31(26-35)27-36(52)25-30)49-41-12-3-5-14-43(41)50(44-15-6-4-13-42(44)49)34-19-21-40-39-11-7-8-16-47(39)53-48(40)29-34/h1-22,28-31,35-36H,23-27H2. The Kier molecular flexibility index (Phi) is 5.59. The van der Waals surface area contributed by atoms with Gasteiger partial charge in [-0.15, -0.1) is 0 Å². The first-order valence-corrected chi connectivity index (χ1v) is 19.8. The molecule has 0 radical (unpaired) electrons. The highest BCUT2D eigenvalue weighted by Gasteiger charge is 2.62. The lowest BCUT2D eigenvalue weighted by atomic mass is 9.43. The van der Waals surface area contributed by atoms with E-state index in [2.05, 4.69) is 146 Å². The summed E-state index contributed by atoms with van der Waals surface area (Å²) in [6, 6.07) is 55.1. The van der Waals surface area contributed by atoms with Crippen molar-refractivity contribution >= 4 is 54.3 Å². The van der Waals surface area contributed by atoms with Crippen molar-refractivity contribution in [3.63, 3.8) is 0 Å². The Balaban J connectivity index is 1.08. The molecule has 252 valence electrons. The van der Waals surface area contributed by atoms with Crippen LogP contribution in [0.1, 0.15) is 43.2 Å². The van der Waals surface area contributed by atoms with Crippen LogP contribution in [-0.2, 0) is 5.41 Å². The molecule has 0 saturated heterocycles. The lowest BCUT2D eigenvalue weighted by molar-refractivity contribution is -0.0393. The highest BCUT2D eigenvalue weighted by atomic mass is 16.3. The third-order valence-corrected chi connectivity index (χ3v) is 14.4. The molecule has 5 aliphatic rings. The summed E-state index contributed by atoms with van der Waals surface area (Å²) in [5.74, 6) is 3.24. The van der Waals surface area contributed by atoms with E-state index < -0.39 is 0 Å². The summed E-state index contributed by atoms with van der Waals surface area (Å²) in [5, 5.41) is 10.4. The molecule has 1 nitrogen and oxygen atoms in total. The molecule has 53 heavy (non-hydrogen) atoms. The Morgan fingerprint density at radius 1 is 0.415 bits per heavy atom. The van der Waals surface area contributed by atoms with Crippen molar-refractivity contribution in [2.75, 3.05) is 0 Å². The fourth-order valence-corrected chi connectivity index (χ4v) is 12.8. The maximum atomic E-state index is 6.42. The number of furan rings is 1. The average Bonchev–Trinajstić information content (AvgIpc) is 3.72. The summed E-state index contributed by atoms with van der Waals surface area (Å²) >= 11 is 0. The molecule has 5 aliphatic carbocycles. The zero-order valence-electron chi connectivity index (χ0n) is 29.6. The average molecular weight is 679 g/mol. The van der Waals surface area contributed by atoms with Crippen LogP contribution in [0.4, 0.5) is 0 Å². The molecule has 0 N–H and O–H groups in total. The van der Waals surface area contributed by atoms with Crippen molar-refractivity contribution < 1.29 is 4.42 Å². The van der Waals surface area contributed by atoms with E-state index in [1.165, 1.54) is 109 Å². The fourth-order valence-electron chi connectivity index (χ4n) is 12.8. The molecule has 0 atom stereocenters. The Morgan fingerprint density at radius 2 is 0.943 bits per heavy atom. The van der Waals surface area contributed by atoms with Crippen molar-refractivity contribution in [1.29, 1.82) is 0 Å². The molecule has 9 aromatic rings. The van der Waals surface area contributed by atoms with Gasteiger partial charge in [0.2, 0.25) is 0 Å². The molecule has 4 fully saturated rings.